The van der Waals surface area contributed by atoms with Gasteiger partial charge < -0.3 is 15.0 Å². The van der Waals surface area contributed by atoms with Gasteiger partial charge in [0.2, 0.25) is 5.91 Å². The van der Waals surface area contributed by atoms with Gasteiger partial charge in [-0.3, -0.25) is 4.79 Å². The number of hydrogen-bond donors (Lipinski definition) is 2. The summed E-state index contributed by atoms with van der Waals surface area (Å²) >= 11 is 1.64. The van der Waals surface area contributed by atoms with Crippen molar-refractivity contribution in [1.29, 1.82) is 0 Å². The van der Waals surface area contributed by atoms with Gasteiger partial charge in [0.15, 0.2) is 0 Å². The first-order valence-electron chi connectivity index (χ1n) is 7.55. The SMILES string of the molecule is CSCc1nc2ccccc2n1CC(=O)NC(C(=O)O)C1CC1. The summed E-state index contributed by atoms with van der Waals surface area (Å²) in [5.41, 5.74) is 1.74. The first kappa shape index (κ1) is 15.9. The van der Waals surface area contributed by atoms with E-state index in [0.29, 0.717) is 5.75 Å². The number of imidazole rings is 1. The Balaban J connectivity index is 1.80. The molecule has 1 aromatic carbocycles. The van der Waals surface area contributed by atoms with Crippen molar-refractivity contribution in [1.82, 2.24) is 14.9 Å². The summed E-state index contributed by atoms with van der Waals surface area (Å²) in [6.07, 6.45) is 3.71. The maximum Gasteiger partial charge on any atom is 0.326 e. The van der Waals surface area contributed by atoms with E-state index in [9.17, 15) is 14.7 Å². The van der Waals surface area contributed by atoms with Crippen LogP contribution in [0.1, 0.15) is 18.7 Å². The Kier molecular flexibility index (Phi) is 4.56. The zero-order valence-corrected chi connectivity index (χ0v) is 13.7. The van der Waals surface area contributed by atoms with Crippen molar-refractivity contribution in [2.24, 2.45) is 5.92 Å². The Morgan fingerprint density at radius 1 is 1.43 bits per heavy atom. The standard InChI is InChI=1S/C16H19N3O3S/c1-23-9-13-17-11-4-2-3-5-12(11)19(13)8-14(20)18-15(16(21)22)10-6-7-10/h2-5,10,15H,6-9H2,1H3,(H,18,20)(H,21,22). The number of aromatic nitrogens is 2. The molecule has 1 atom stereocenters. The fourth-order valence-corrected chi connectivity index (χ4v) is 3.19. The molecule has 1 heterocycles. The van der Waals surface area contributed by atoms with Gasteiger partial charge >= 0.3 is 5.97 Å². The zero-order chi connectivity index (χ0) is 16.4. The predicted octanol–water partition coefficient (Wildman–Crippen LogP) is 1.88. The first-order chi connectivity index (χ1) is 11.1. The van der Waals surface area contributed by atoms with Crippen LogP contribution in [0.15, 0.2) is 24.3 Å². The first-order valence-corrected chi connectivity index (χ1v) is 8.94. The van der Waals surface area contributed by atoms with Gasteiger partial charge in [-0.1, -0.05) is 12.1 Å². The van der Waals surface area contributed by atoms with Gasteiger partial charge in [0.1, 0.15) is 18.4 Å². The van der Waals surface area contributed by atoms with E-state index in [-0.39, 0.29) is 18.4 Å². The van der Waals surface area contributed by atoms with Crippen molar-refractivity contribution in [2.45, 2.75) is 31.2 Å². The number of para-hydroxylation sites is 2. The highest BCUT2D eigenvalue weighted by Gasteiger charge is 2.37. The number of carbonyl (C=O) groups is 2. The summed E-state index contributed by atoms with van der Waals surface area (Å²) in [6.45, 7) is 0.0902. The lowest BCUT2D eigenvalue weighted by Gasteiger charge is -2.15. The third-order valence-electron chi connectivity index (χ3n) is 3.98. The van der Waals surface area contributed by atoms with E-state index < -0.39 is 12.0 Å². The summed E-state index contributed by atoms with van der Waals surface area (Å²) in [5, 5.41) is 11.9. The molecule has 7 heteroatoms. The van der Waals surface area contributed by atoms with E-state index >= 15 is 0 Å². The second kappa shape index (κ2) is 6.62. The third kappa shape index (κ3) is 3.50. The third-order valence-corrected chi connectivity index (χ3v) is 4.53. The van der Waals surface area contributed by atoms with Crippen LogP contribution in [-0.2, 0) is 21.9 Å². The second-order valence-corrected chi connectivity index (χ2v) is 6.62. The van der Waals surface area contributed by atoms with Crippen molar-refractivity contribution in [3.63, 3.8) is 0 Å². The molecule has 1 aliphatic carbocycles. The number of aliphatic carboxylic acids is 1. The molecule has 1 fully saturated rings. The summed E-state index contributed by atoms with van der Waals surface area (Å²) in [7, 11) is 0. The number of nitrogens with one attached hydrogen (secondary N) is 1. The largest absolute Gasteiger partial charge is 0.480 e. The van der Waals surface area contributed by atoms with Crippen LogP contribution in [0.3, 0.4) is 0 Å². The van der Waals surface area contributed by atoms with Crippen LogP contribution >= 0.6 is 11.8 Å². The minimum atomic E-state index is -0.958. The Labute approximate surface area is 138 Å². The van der Waals surface area contributed by atoms with Crippen LogP contribution in [0.5, 0.6) is 0 Å². The monoisotopic (exact) mass is 333 g/mol. The van der Waals surface area contributed by atoms with Crippen molar-refractivity contribution < 1.29 is 14.7 Å². The zero-order valence-electron chi connectivity index (χ0n) is 12.9. The van der Waals surface area contributed by atoms with Crippen LogP contribution in [0.4, 0.5) is 0 Å². The quantitative estimate of drug-likeness (QED) is 0.808. The van der Waals surface area contributed by atoms with Crippen LogP contribution in [0.2, 0.25) is 0 Å². The molecule has 1 saturated carbocycles. The highest BCUT2D eigenvalue weighted by molar-refractivity contribution is 7.97. The molecule has 23 heavy (non-hydrogen) atoms. The van der Waals surface area contributed by atoms with E-state index in [1.165, 1.54) is 0 Å². The number of hydrogen-bond acceptors (Lipinski definition) is 4. The minimum absolute atomic E-state index is 0.0710. The van der Waals surface area contributed by atoms with Crippen LogP contribution in [0.25, 0.3) is 11.0 Å². The summed E-state index contributed by atoms with van der Waals surface area (Å²) in [6, 6.07) is 6.88. The lowest BCUT2D eigenvalue weighted by molar-refractivity contribution is -0.142. The van der Waals surface area contributed by atoms with Crippen LogP contribution in [0, 0.1) is 5.92 Å². The highest BCUT2D eigenvalue weighted by atomic mass is 32.2. The maximum absolute atomic E-state index is 12.3. The number of thioether (sulfide) groups is 1. The number of carboxylic acids is 1. The molecule has 1 amide bonds. The average molecular weight is 333 g/mol. The summed E-state index contributed by atoms with van der Waals surface area (Å²) in [4.78, 5) is 28.2. The van der Waals surface area contributed by atoms with Crippen molar-refractivity contribution >= 4 is 34.7 Å². The van der Waals surface area contributed by atoms with Crippen LogP contribution in [-0.4, -0.2) is 38.8 Å². The number of benzene rings is 1. The number of amides is 1. The molecule has 1 unspecified atom stereocenters. The lowest BCUT2D eigenvalue weighted by atomic mass is 10.2. The smallest absolute Gasteiger partial charge is 0.326 e. The highest BCUT2D eigenvalue weighted by Crippen LogP contribution is 2.32. The fraction of sp³-hybridized carbons (Fsp3) is 0.438. The molecular formula is C16H19N3O3S. The second-order valence-electron chi connectivity index (χ2n) is 5.76. The van der Waals surface area contributed by atoms with Gasteiger partial charge in [0.05, 0.1) is 16.8 Å². The van der Waals surface area contributed by atoms with Crippen molar-refractivity contribution in [3.05, 3.63) is 30.1 Å². The predicted molar refractivity (Wildman–Crippen MR) is 89.2 cm³/mol. The number of carbonyl (C=O) groups excluding carboxylic acids is 1. The molecule has 1 aromatic heterocycles. The van der Waals surface area contributed by atoms with E-state index in [0.717, 1.165) is 29.7 Å². The minimum Gasteiger partial charge on any atom is -0.480 e. The van der Waals surface area contributed by atoms with Gasteiger partial charge in [-0.25, -0.2) is 9.78 Å². The molecule has 0 saturated heterocycles. The molecule has 6 nitrogen and oxygen atoms in total. The summed E-state index contributed by atoms with van der Waals surface area (Å²) < 4.78 is 1.87. The van der Waals surface area contributed by atoms with E-state index in [1.807, 2.05) is 35.1 Å². The van der Waals surface area contributed by atoms with Crippen molar-refractivity contribution in [2.75, 3.05) is 6.26 Å². The molecule has 2 N–H and O–H groups in total. The van der Waals surface area contributed by atoms with Crippen molar-refractivity contribution in [3.8, 4) is 0 Å². The maximum atomic E-state index is 12.3. The summed E-state index contributed by atoms with van der Waals surface area (Å²) in [5.74, 6) is 0.358. The van der Waals surface area contributed by atoms with Gasteiger partial charge in [-0.15, -0.1) is 0 Å². The fourth-order valence-electron chi connectivity index (χ4n) is 2.71. The van der Waals surface area contributed by atoms with Gasteiger partial charge in [0.25, 0.3) is 0 Å². The van der Waals surface area contributed by atoms with E-state index in [4.69, 9.17) is 0 Å². The molecule has 122 valence electrons. The molecule has 1 aliphatic rings. The molecular weight excluding hydrogens is 314 g/mol. The van der Waals surface area contributed by atoms with Gasteiger partial charge in [-0.2, -0.15) is 11.8 Å². The van der Waals surface area contributed by atoms with E-state index in [2.05, 4.69) is 10.3 Å². The number of nitrogens with zero attached hydrogens (tertiary/aromatic N) is 2. The number of rotatable bonds is 7. The molecule has 2 aromatic rings. The van der Waals surface area contributed by atoms with Crippen LogP contribution < -0.4 is 5.32 Å². The molecule has 0 spiro atoms. The topological polar surface area (TPSA) is 84.2 Å². The normalized spacial score (nSPS) is 15.5. The molecule has 0 bridgehead atoms. The van der Waals surface area contributed by atoms with E-state index in [1.54, 1.807) is 11.8 Å². The Hall–Kier alpha value is -2.02. The Bertz CT molecular complexity index is 739. The van der Waals surface area contributed by atoms with Gasteiger partial charge in [0, 0.05) is 0 Å². The lowest BCUT2D eigenvalue weighted by Crippen LogP contribution is -2.43. The van der Waals surface area contributed by atoms with Gasteiger partial charge in [-0.05, 0) is 37.1 Å². The Morgan fingerprint density at radius 3 is 2.83 bits per heavy atom. The number of carboxylic acid groups (broad SMARTS) is 1. The average Bonchev–Trinajstić information content (AvgIpc) is 3.30. The Morgan fingerprint density at radius 2 is 2.17 bits per heavy atom. The molecule has 3 rings (SSSR count). The molecule has 0 aliphatic heterocycles. The number of fused-ring (bicyclic) bond motifs is 1. The molecule has 0 radical (unpaired) electrons.